The summed E-state index contributed by atoms with van der Waals surface area (Å²) in [7, 11) is -2.22. The van der Waals surface area contributed by atoms with E-state index in [9.17, 15) is 18.3 Å². The fraction of sp³-hybridized carbons (Fsp3) is 0.167. The van der Waals surface area contributed by atoms with Gasteiger partial charge < -0.3 is 14.8 Å². The Labute approximate surface area is 115 Å². The van der Waals surface area contributed by atoms with E-state index in [0.29, 0.717) is 5.56 Å². The number of phenols is 1. The number of nitrogens with zero attached hydrogens (tertiary/aromatic N) is 2. The van der Waals surface area contributed by atoms with E-state index in [2.05, 4.69) is 4.98 Å². The van der Waals surface area contributed by atoms with Crippen LogP contribution < -0.4 is 0 Å². The molecule has 106 valence electrons. The molecule has 0 spiro atoms. The van der Waals surface area contributed by atoms with Gasteiger partial charge in [-0.25, -0.2) is 18.2 Å². The molecule has 0 aliphatic rings. The number of aromatic nitrogens is 2. The van der Waals surface area contributed by atoms with Crippen molar-refractivity contribution in [1.29, 1.82) is 0 Å². The van der Waals surface area contributed by atoms with Crippen molar-refractivity contribution < 1.29 is 23.4 Å². The highest BCUT2D eigenvalue weighted by Gasteiger charge is 2.26. The van der Waals surface area contributed by atoms with Crippen LogP contribution in [-0.4, -0.2) is 40.4 Å². The van der Waals surface area contributed by atoms with Crippen LogP contribution in [0.2, 0.25) is 0 Å². The van der Waals surface area contributed by atoms with Gasteiger partial charge in [0, 0.05) is 18.9 Å². The van der Waals surface area contributed by atoms with Crippen LogP contribution in [0.1, 0.15) is 10.5 Å². The average Bonchev–Trinajstić information content (AvgIpc) is 2.68. The van der Waals surface area contributed by atoms with Crippen molar-refractivity contribution in [2.24, 2.45) is 7.05 Å². The molecule has 0 bridgehead atoms. The number of hydrogen-bond donors (Lipinski definition) is 2. The number of imidazole rings is 1. The van der Waals surface area contributed by atoms with E-state index in [0.717, 1.165) is 6.26 Å². The number of rotatable bonds is 3. The van der Waals surface area contributed by atoms with Crippen LogP contribution in [0.25, 0.3) is 11.3 Å². The number of phenolic OH excluding ortho intramolecular Hbond substituents is 1. The van der Waals surface area contributed by atoms with Gasteiger partial charge >= 0.3 is 5.97 Å². The minimum absolute atomic E-state index is 0.0242. The second-order valence-corrected chi connectivity index (χ2v) is 6.18. The molecule has 0 saturated carbocycles. The molecule has 0 radical (unpaired) electrons. The van der Waals surface area contributed by atoms with Gasteiger partial charge in [-0.05, 0) is 24.3 Å². The molecule has 0 aliphatic heterocycles. The topological polar surface area (TPSA) is 109 Å². The van der Waals surface area contributed by atoms with Crippen LogP contribution in [0.5, 0.6) is 5.75 Å². The molecule has 7 nitrogen and oxygen atoms in total. The molecule has 0 unspecified atom stereocenters. The number of aromatic carboxylic acids is 1. The summed E-state index contributed by atoms with van der Waals surface area (Å²) in [5.41, 5.74) is 0.265. The van der Waals surface area contributed by atoms with E-state index in [1.807, 2.05) is 0 Å². The zero-order valence-corrected chi connectivity index (χ0v) is 11.5. The van der Waals surface area contributed by atoms with Crippen LogP contribution in [0.3, 0.4) is 0 Å². The van der Waals surface area contributed by atoms with Gasteiger partial charge in [0.1, 0.15) is 5.75 Å². The molecule has 1 aromatic heterocycles. The van der Waals surface area contributed by atoms with Crippen molar-refractivity contribution >= 4 is 15.8 Å². The molecule has 0 atom stereocenters. The van der Waals surface area contributed by atoms with Gasteiger partial charge in [-0.3, -0.25) is 0 Å². The predicted octanol–water partition coefficient (Wildman–Crippen LogP) is 0.894. The van der Waals surface area contributed by atoms with Crippen LogP contribution in [-0.2, 0) is 16.9 Å². The summed E-state index contributed by atoms with van der Waals surface area (Å²) in [5, 5.41) is 18.1. The summed E-state index contributed by atoms with van der Waals surface area (Å²) >= 11 is 0. The Morgan fingerprint density at radius 3 is 2.25 bits per heavy atom. The third kappa shape index (κ3) is 2.37. The van der Waals surface area contributed by atoms with Gasteiger partial charge in [-0.2, -0.15) is 0 Å². The predicted molar refractivity (Wildman–Crippen MR) is 70.4 cm³/mol. The number of carboxylic acid groups (broad SMARTS) is 1. The molecule has 0 fully saturated rings. The van der Waals surface area contributed by atoms with E-state index >= 15 is 0 Å². The number of carbonyl (C=O) groups is 1. The molecule has 0 aliphatic carbocycles. The molecule has 2 N–H and O–H groups in total. The summed E-state index contributed by atoms with van der Waals surface area (Å²) in [6.07, 6.45) is 0.960. The summed E-state index contributed by atoms with van der Waals surface area (Å²) in [5.74, 6) is -1.30. The fourth-order valence-corrected chi connectivity index (χ4v) is 2.75. The first kappa shape index (κ1) is 14.1. The van der Waals surface area contributed by atoms with Gasteiger partial charge in [0.2, 0.25) is 15.0 Å². The van der Waals surface area contributed by atoms with Gasteiger partial charge in [0.05, 0.1) is 5.69 Å². The van der Waals surface area contributed by atoms with E-state index in [-0.39, 0.29) is 22.3 Å². The lowest BCUT2D eigenvalue weighted by Crippen LogP contribution is -2.06. The van der Waals surface area contributed by atoms with Crippen molar-refractivity contribution in [2.45, 2.75) is 5.16 Å². The molecule has 8 heteroatoms. The zero-order chi connectivity index (χ0) is 15.1. The first-order valence-corrected chi connectivity index (χ1v) is 7.40. The Balaban J connectivity index is 2.77. The Morgan fingerprint density at radius 1 is 1.25 bits per heavy atom. The minimum Gasteiger partial charge on any atom is -0.508 e. The summed E-state index contributed by atoms with van der Waals surface area (Å²) in [4.78, 5) is 14.9. The second kappa shape index (κ2) is 4.64. The van der Waals surface area contributed by atoms with E-state index in [1.54, 1.807) is 0 Å². The molecule has 1 heterocycles. The largest absolute Gasteiger partial charge is 0.508 e. The number of hydrogen-bond acceptors (Lipinski definition) is 5. The smallest absolute Gasteiger partial charge is 0.356 e. The lowest BCUT2D eigenvalue weighted by atomic mass is 10.1. The first-order valence-electron chi connectivity index (χ1n) is 5.51. The SMILES string of the molecule is Cn1c(S(C)(=O)=O)nc(C(=O)O)c1-c1ccc(O)cc1. The molecule has 1 aromatic carbocycles. The average molecular weight is 296 g/mol. The number of sulfone groups is 1. The summed E-state index contributed by atoms with van der Waals surface area (Å²) in [6.45, 7) is 0. The lowest BCUT2D eigenvalue weighted by molar-refractivity contribution is 0.0691. The fourth-order valence-electron chi connectivity index (χ4n) is 1.91. The molecule has 20 heavy (non-hydrogen) atoms. The molecular formula is C12H12N2O5S. The Kier molecular flexibility index (Phi) is 3.26. The van der Waals surface area contributed by atoms with Crippen molar-refractivity contribution in [3.05, 3.63) is 30.0 Å². The van der Waals surface area contributed by atoms with Crippen LogP contribution in [0, 0.1) is 0 Å². The molecule has 0 amide bonds. The second-order valence-electron chi connectivity index (χ2n) is 4.27. The monoisotopic (exact) mass is 296 g/mol. The minimum atomic E-state index is -3.65. The van der Waals surface area contributed by atoms with Crippen molar-refractivity contribution in [2.75, 3.05) is 6.26 Å². The number of carboxylic acids is 1. The number of benzene rings is 1. The highest BCUT2D eigenvalue weighted by Crippen LogP contribution is 2.27. The molecular weight excluding hydrogens is 284 g/mol. The maximum absolute atomic E-state index is 11.6. The highest BCUT2D eigenvalue weighted by molar-refractivity contribution is 7.90. The zero-order valence-electron chi connectivity index (χ0n) is 10.7. The summed E-state index contributed by atoms with van der Waals surface area (Å²) in [6, 6.07) is 5.75. The Bertz CT molecular complexity index is 775. The molecule has 2 rings (SSSR count). The number of aromatic hydroxyl groups is 1. The maximum atomic E-state index is 11.6. The van der Waals surface area contributed by atoms with Crippen LogP contribution in [0.4, 0.5) is 0 Å². The van der Waals surface area contributed by atoms with Crippen molar-refractivity contribution in [1.82, 2.24) is 9.55 Å². The lowest BCUT2D eigenvalue weighted by Gasteiger charge is -2.06. The maximum Gasteiger partial charge on any atom is 0.356 e. The van der Waals surface area contributed by atoms with E-state index in [1.165, 1.54) is 35.9 Å². The molecule has 0 saturated heterocycles. The Hall–Kier alpha value is -2.35. The van der Waals surface area contributed by atoms with Gasteiger partial charge in [0.15, 0.2) is 5.69 Å². The standard InChI is InChI=1S/C12H12N2O5S/c1-14-10(7-3-5-8(15)6-4-7)9(11(16)17)13-12(14)20(2,18)19/h3-6,15H,1-2H3,(H,16,17). The first-order chi connectivity index (χ1) is 9.21. The summed E-state index contributed by atoms with van der Waals surface area (Å²) < 4.78 is 24.4. The van der Waals surface area contributed by atoms with E-state index < -0.39 is 15.8 Å². The third-order valence-corrected chi connectivity index (χ3v) is 3.76. The van der Waals surface area contributed by atoms with Gasteiger partial charge in [-0.15, -0.1) is 0 Å². The van der Waals surface area contributed by atoms with Crippen molar-refractivity contribution in [3.8, 4) is 17.0 Å². The van der Waals surface area contributed by atoms with Crippen LogP contribution in [0.15, 0.2) is 29.4 Å². The van der Waals surface area contributed by atoms with Crippen LogP contribution >= 0.6 is 0 Å². The van der Waals surface area contributed by atoms with Gasteiger partial charge in [-0.1, -0.05) is 0 Å². The normalized spacial score (nSPS) is 11.5. The third-order valence-electron chi connectivity index (χ3n) is 2.73. The van der Waals surface area contributed by atoms with Gasteiger partial charge in [0.25, 0.3) is 0 Å². The Morgan fingerprint density at radius 2 is 1.80 bits per heavy atom. The van der Waals surface area contributed by atoms with E-state index in [4.69, 9.17) is 5.11 Å². The molecule has 2 aromatic rings. The quantitative estimate of drug-likeness (QED) is 0.870. The van der Waals surface area contributed by atoms with Crippen molar-refractivity contribution in [3.63, 3.8) is 0 Å². The highest BCUT2D eigenvalue weighted by atomic mass is 32.2.